The first-order chi connectivity index (χ1) is 14.5. The fourth-order valence-electron chi connectivity index (χ4n) is 2.47. The van der Waals surface area contributed by atoms with Gasteiger partial charge in [0.15, 0.2) is 0 Å². The number of rotatable bonds is 15. The summed E-state index contributed by atoms with van der Waals surface area (Å²) in [5, 5.41) is 8.44. The van der Waals surface area contributed by atoms with Crippen molar-refractivity contribution in [3.05, 3.63) is 54.1 Å². The van der Waals surface area contributed by atoms with E-state index < -0.39 is 10.1 Å². The Kier molecular flexibility index (Phi) is 18.6. The van der Waals surface area contributed by atoms with E-state index >= 15 is 0 Å². The summed E-state index contributed by atoms with van der Waals surface area (Å²) in [5.74, 6) is 0. The molecule has 0 radical (unpaired) electrons. The van der Waals surface area contributed by atoms with Gasteiger partial charge in [-0.2, -0.15) is 8.42 Å². The van der Waals surface area contributed by atoms with Crippen LogP contribution >= 0.6 is 0 Å². The number of aryl methyl sites for hydroxylation is 1. The van der Waals surface area contributed by atoms with Crippen molar-refractivity contribution in [1.29, 1.82) is 0 Å². The van der Waals surface area contributed by atoms with Crippen molar-refractivity contribution >= 4 is 10.1 Å². The third kappa shape index (κ3) is 16.4. The van der Waals surface area contributed by atoms with E-state index in [1.807, 2.05) is 6.92 Å². The highest BCUT2D eigenvalue weighted by Crippen LogP contribution is 2.13. The predicted octanol–water partition coefficient (Wildman–Crippen LogP) is 6.73. The maximum absolute atomic E-state index is 11.9. The molecule has 0 amide bonds. The van der Waals surface area contributed by atoms with E-state index in [0.717, 1.165) is 31.2 Å². The third-order valence-corrected chi connectivity index (χ3v) is 5.70. The average molecular weight is 439 g/mol. The summed E-state index contributed by atoms with van der Waals surface area (Å²) >= 11 is 0. The molecule has 0 bridgehead atoms. The molecule has 0 spiro atoms. The highest BCUT2D eigenvalue weighted by atomic mass is 32.2. The quantitative estimate of drug-likeness (QED) is 0.187. The molecule has 5 heteroatoms. The molecule has 172 valence electrons. The second kappa shape index (κ2) is 19.5. The topological polar surface area (TPSA) is 63.6 Å². The maximum Gasteiger partial charge on any atom is 0.296 e. The van der Waals surface area contributed by atoms with Crippen LogP contribution in [0.15, 0.2) is 53.5 Å². The summed E-state index contributed by atoms with van der Waals surface area (Å²) in [6.07, 6.45) is 19.4. The molecule has 1 rings (SSSR count). The average Bonchev–Trinajstić information content (AvgIpc) is 2.73. The van der Waals surface area contributed by atoms with Crippen LogP contribution in [0.25, 0.3) is 0 Å². The number of hydrogen-bond donors (Lipinski definition) is 1. The Labute approximate surface area is 185 Å². The fourth-order valence-corrected chi connectivity index (χ4v) is 3.41. The van der Waals surface area contributed by atoms with Crippen molar-refractivity contribution in [2.75, 3.05) is 13.2 Å². The molecule has 1 aromatic rings. The molecule has 0 saturated heterocycles. The minimum atomic E-state index is -3.60. The highest BCUT2D eigenvalue weighted by molar-refractivity contribution is 7.86. The van der Waals surface area contributed by atoms with Gasteiger partial charge in [-0.15, -0.1) is 0 Å². The highest BCUT2D eigenvalue weighted by Gasteiger charge is 2.13. The second-order valence-corrected chi connectivity index (χ2v) is 8.94. The molecule has 0 fully saturated rings. The molecule has 0 saturated carbocycles. The summed E-state index contributed by atoms with van der Waals surface area (Å²) in [5.41, 5.74) is 1.03. The van der Waals surface area contributed by atoms with Gasteiger partial charge in [0, 0.05) is 6.61 Å². The van der Waals surface area contributed by atoms with Gasteiger partial charge in [0.25, 0.3) is 10.1 Å². The van der Waals surface area contributed by atoms with Crippen molar-refractivity contribution in [1.82, 2.24) is 0 Å². The van der Waals surface area contributed by atoms with Crippen LogP contribution in [0.2, 0.25) is 0 Å². The first kappa shape index (κ1) is 28.6. The number of allylic oxidation sites excluding steroid dienone is 4. The Hall–Kier alpha value is -1.43. The van der Waals surface area contributed by atoms with Crippen LogP contribution in [0.3, 0.4) is 0 Å². The minimum absolute atomic E-state index is 0.224. The lowest BCUT2D eigenvalue weighted by atomic mass is 10.2. The minimum Gasteiger partial charge on any atom is -0.396 e. The molecule has 1 N–H and O–H groups in total. The normalized spacial score (nSPS) is 11.7. The van der Waals surface area contributed by atoms with Crippen LogP contribution in [0.4, 0.5) is 0 Å². The molecule has 4 nitrogen and oxygen atoms in total. The third-order valence-electron chi connectivity index (χ3n) is 4.37. The van der Waals surface area contributed by atoms with Crippen molar-refractivity contribution < 1.29 is 17.7 Å². The summed E-state index contributed by atoms with van der Waals surface area (Å²) < 4.78 is 28.8. The summed E-state index contributed by atoms with van der Waals surface area (Å²) in [6, 6.07) is 6.70. The Morgan fingerprint density at radius 3 is 1.73 bits per heavy atom. The zero-order chi connectivity index (χ0) is 22.5. The zero-order valence-electron chi connectivity index (χ0n) is 19.2. The van der Waals surface area contributed by atoms with E-state index in [0.29, 0.717) is 13.0 Å². The molecule has 0 aliphatic carbocycles. The van der Waals surface area contributed by atoms with Crippen molar-refractivity contribution in [2.45, 2.75) is 89.9 Å². The largest absolute Gasteiger partial charge is 0.396 e. The lowest BCUT2D eigenvalue weighted by Crippen LogP contribution is -2.07. The van der Waals surface area contributed by atoms with Crippen molar-refractivity contribution in [3.8, 4) is 0 Å². The number of hydrogen-bond acceptors (Lipinski definition) is 4. The molecule has 1 aromatic carbocycles. The van der Waals surface area contributed by atoms with Crippen LogP contribution in [-0.4, -0.2) is 26.7 Å². The molecular weight excluding hydrogens is 396 g/mol. The lowest BCUT2D eigenvalue weighted by molar-refractivity contribution is 0.289. The Morgan fingerprint density at radius 2 is 1.27 bits per heavy atom. The molecular formula is C25H42O4S. The summed E-state index contributed by atoms with van der Waals surface area (Å²) in [6.45, 7) is 6.83. The number of benzene rings is 1. The smallest absolute Gasteiger partial charge is 0.296 e. The maximum atomic E-state index is 11.9. The second-order valence-electron chi connectivity index (χ2n) is 7.32. The van der Waals surface area contributed by atoms with Crippen molar-refractivity contribution in [3.63, 3.8) is 0 Å². The first-order valence-electron chi connectivity index (χ1n) is 11.3. The fraction of sp³-hybridized carbons (Fsp3) is 0.600. The standard InChI is InChI=1S/C16H24O3S.C9H18O/c1-3-4-5-6-7-8-9-14-19-20(17,18)16-12-10-15(2)11-13-16;1-2-3-4-5-6-7-8-9-10/h6-7,10-13H,3-5,8-9,14H2,1-2H3;5-6,10H,2-4,7-9H2,1H3/b7-6+;6-5+. The first-order valence-corrected chi connectivity index (χ1v) is 12.8. The van der Waals surface area contributed by atoms with E-state index in [2.05, 4.69) is 38.2 Å². The molecule has 0 aliphatic rings. The van der Waals surface area contributed by atoms with E-state index in [1.165, 1.54) is 32.1 Å². The number of aliphatic hydroxyl groups excluding tert-OH is 1. The molecule has 0 atom stereocenters. The van der Waals surface area contributed by atoms with Crippen LogP contribution in [0.1, 0.15) is 83.6 Å². The van der Waals surface area contributed by atoms with Crippen LogP contribution in [-0.2, 0) is 14.3 Å². The van der Waals surface area contributed by atoms with Gasteiger partial charge in [0.1, 0.15) is 0 Å². The van der Waals surface area contributed by atoms with Gasteiger partial charge in [-0.1, -0.05) is 81.5 Å². The van der Waals surface area contributed by atoms with Gasteiger partial charge >= 0.3 is 0 Å². The van der Waals surface area contributed by atoms with Crippen LogP contribution < -0.4 is 0 Å². The summed E-state index contributed by atoms with van der Waals surface area (Å²) in [4.78, 5) is 0.224. The van der Waals surface area contributed by atoms with Gasteiger partial charge in [-0.25, -0.2) is 0 Å². The lowest BCUT2D eigenvalue weighted by Gasteiger charge is -2.05. The number of unbranched alkanes of at least 4 members (excludes halogenated alkanes) is 6. The molecule has 30 heavy (non-hydrogen) atoms. The van der Waals surface area contributed by atoms with Gasteiger partial charge in [0.2, 0.25) is 0 Å². The predicted molar refractivity (Wildman–Crippen MR) is 127 cm³/mol. The van der Waals surface area contributed by atoms with Crippen LogP contribution in [0, 0.1) is 6.92 Å². The Bertz CT molecular complexity index is 651. The Balaban J connectivity index is 0.000000710. The van der Waals surface area contributed by atoms with Gasteiger partial charge < -0.3 is 5.11 Å². The monoisotopic (exact) mass is 438 g/mol. The molecule has 0 unspecified atom stereocenters. The SMILES string of the molecule is CCCC/C=C/CCCO.CCCC/C=C/CCCOS(=O)(=O)c1ccc(C)cc1. The number of aliphatic hydroxyl groups is 1. The van der Waals surface area contributed by atoms with E-state index in [9.17, 15) is 8.42 Å². The zero-order valence-corrected chi connectivity index (χ0v) is 20.0. The molecule has 0 heterocycles. The van der Waals surface area contributed by atoms with Gasteiger partial charge in [0.05, 0.1) is 11.5 Å². The van der Waals surface area contributed by atoms with Gasteiger partial charge in [-0.3, -0.25) is 4.18 Å². The van der Waals surface area contributed by atoms with Gasteiger partial charge in [-0.05, 0) is 57.6 Å². The summed E-state index contributed by atoms with van der Waals surface area (Å²) in [7, 11) is -3.60. The van der Waals surface area contributed by atoms with E-state index in [4.69, 9.17) is 9.29 Å². The Morgan fingerprint density at radius 1 is 0.800 bits per heavy atom. The van der Waals surface area contributed by atoms with E-state index in [-0.39, 0.29) is 11.5 Å². The van der Waals surface area contributed by atoms with E-state index in [1.54, 1.807) is 24.3 Å². The van der Waals surface area contributed by atoms with Crippen LogP contribution in [0.5, 0.6) is 0 Å². The molecule has 0 aromatic heterocycles. The van der Waals surface area contributed by atoms with Crippen molar-refractivity contribution in [2.24, 2.45) is 0 Å². The molecule has 0 aliphatic heterocycles.